The minimum atomic E-state index is 0.494. The molecule has 6 heteroatoms. The average Bonchev–Trinajstić information content (AvgIpc) is 2.98. The van der Waals surface area contributed by atoms with Crippen LogP contribution in [0.3, 0.4) is 0 Å². The normalized spacial score (nSPS) is 10.9. The second-order valence-electron chi connectivity index (χ2n) is 3.84. The molecule has 0 spiro atoms. The predicted octanol–water partition coefficient (Wildman–Crippen LogP) is 2.13. The molecule has 0 aliphatic heterocycles. The first-order chi connectivity index (χ1) is 8.78. The Morgan fingerprint density at radius 2 is 2.33 bits per heavy atom. The van der Waals surface area contributed by atoms with Gasteiger partial charge in [-0.25, -0.2) is 9.97 Å². The van der Waals surface area contributed by atoms with Crippen molar-refractivity contribution in [1.82, 2.24) is 14.5 Å². The molecule has 0 atom stereocenters. The number of hydrogen-bond donors (Lipinski definition) is 1. The number of thiazole rings is 1. The molecule has 18 heavy (non-hydrogen) atoms. The molecule has 0 amide bonds. The maximum atomic E-state index is 5.95. The molecule has 1 aromatic carbocycles. The van der Waals surface area contributed by atoms with Crippen LogP contribution in [0.1, 0.15) is 5.01 Å². The summed E-state index contributed by atoms with van der Waals surface area (Å²) in [5, 5.41) is 2.96. The van der Waals surface area contributed by atoms with E-state index in [2.05, 4.69) is 9.97 Å². The molecule has 0 fully saturated rings. The highest BCUT2D eigenvalue weighted by molar-refractivity contribution is 7.09. The van der Waals surface area contributed by atoms with Gasteiger partial charge in [0.1, 0.15) is 10.8 Å². The number of nitrogens with zero attached hydrogens (tertiary/aromatic N) is 3. The summed E-state index contributed by atoms with van der Waals surface area (Å²) in [6, 6.07) is 5.75. The van der Waals surface area contributed by atoms with Crippen molar-refractivity contribution in [2.75, 3.05) is 12.8 Å². The summed E-state index contributed by atoms with van der Waals surface area (Å²) in [4.78, 5) is 8.60. The molecule has 2 aromatic heterocycles. The lowest BCUT2D eigenvalue weighted by Gasteiger charge is -2.04. The van der Waals surface area contributed by atoms with Gasteiger partial charge in [0.05, 0.1) is 24.7 Å². The van der Waals surface area contributed by atoms with E-state index in [4.69, 9.17) is 10.5 Å². The van der Waals surface area contributed by atoms with E-state index in [-0.39, 0.29) is 0 Å². The van der Waals surface area contributed by atoms with Gasteiger partial charge in [-0.2, -0.15) is 0 Å². The number of ether oxygens (including phenoxy) is 1. The Labute approximate surface area is 108 Å². The average molecular weight is 260 g/mol. The molecular weight excluding hydrogens is 248 g/mol. The van der Waals surface area contributed by atoms with Crippen LogP contribution in [0, 0.1) is 0 Å². The summed E-state index contributed by atoms with van der Waals surface area (Å²) >= 11 is 1.61. The van der Waals surface area contributed by atoms with Gasteiger partial charge in [-0.15, -0.1) is 11.3 Å². The van der Waals surface area contributed by atoms with Crippen LogP contribution in [0.2, 0.25) is 0 Å². The number of nitrogen functional groups attached to an aromatic ring is 1. The number of nitrogens with two attached hydrogens (primary N) is 1. The van der Waals surface area contributed by atoms with Crippen molar-refractivity contribution < 1.29 is 4.74 Å². The lowest BCUT2D eigenvalue weighted by molar-refractivity contribution is 0.415. The monoisotopic (exact) mass is 260 g/mol. The van der Waals surface area contributed by atoms with Gasteiger partial charge >= 0.3 is 0 Å². The number of rotatable bonds is 3. The van der Waals surface area contributed by atoms with Crippen LogP contribution < -0.4 is 10.5 Å². The molecule has 0 bridgehead atoms. The highest BCUT2D eigenvalue weighted by Crippen LogP contribution is 2.24. The quantitative estimate of drug-likeness (QED) is 0.783. The first-order valence-electron chi connectivity index (χ1n) is 5.46. The van der Waals surface area contributed by atoms with Gasteiger partial charge in [-0.3, -0.25) is 0 Å². The molecule has 0 saturated carbocycles. The van der Waals surface area contributed by atoms with Crippen molar-refractivity contribution in [1.29, 1.82) is 0 Å². The van der Waals surface area contributed by atoms with E-state index in [1.54, 1.807) is 24.6 Å². The number of fused-ring (bicyclic) bond motifs is 1. The zero-order chi connectivity index (χ0) is 12.5. The van der Waals surface area contributed by atoms with Gasteiger partial charge in [-0.1, -0.05) is 0 Å². The first-order valence-corrected chi connectivity index (χ1v) is 6.34. The Kier molecular flexibility index (Phi) is 2.64. The Balaban J connectivity index is 2.08. The molecular formula is C12H12N4OS. The Bertz CT molecular complexity index is 675. The summed E-state index contributed by atoms with van der Waals surface area (Å²) in [6.45, 7) is 0.645. The summed E-state index contributed by atoms with van der Waals surface area (Å²) in [5.41, 5.74) is 7.78. The number of aromatic nitrogens is 3. The Hall–Kier alpha value is -2.08. The second kappa shape index (κ2) is 4.30. The van der Waals surface area contributed by atoms with Crippen LogP contribution in [0.25, 0.3) is 11.0 Å². The summed E-state index contributed by atoms with van der Waals surface area (Å²) in [6.07, 6.45) is 1.79. The van der Waals surface area contributed by atoms with Crippen LogP contribution in [-0.2, 0) is 6.54 Å². The molecule has 3 rings (SSSR count). The predicted molar refractivity (Wildman–Crippen MR) is 71.9 cm³/mol. The van der Waals surface area contributed by atoms with Gasteiger partial charge < -0.3 is 15.0 Å². The van der Waals surface area contributed by atoms with Gasteiger partial charge in [0.25, 0.3) is 0 Å². The SMILES string of the molecule is COc1ccc2c(c1)nc(N)n2Cc1nccs1. The minimum absolute atomic E-state index is 0.494. The largest absolute Gasteiger partial charge is 0.497 e. The van der Waals surface area contributed by atoms with Crippen molar-refractivity contribution in [3.63, 3.8) is 0 Å². The van der Waals surface area contributed by atoms with Gasteiger partial charge in [0, 0.05) is 17.6 Å². The maximum absolute atomic E-state index is 5.95. The van der Waals surface area contributed by atoms with Crippen LogP contribution in [0.4, 0.5) is 5.95 Å². The van der Waals surface area contributed by atoms with Crippen LogP contribution in [-0.4, -0.2) is 21.6 Å². The molecule has 0 unspecified atom stereocenters. The lowest BCUT2D eigenvalue weighted by Crippen LogP contribution is -2.04. The molecule has 2 N–H and O–H groups in total. The summed E-state index contributed by atoms with van der Waals surface area (Å²) in [5.74, 6) is 1.27. The van der Waals surface area contributed by atoms with E-state index in [0.29, 0.717) is 12.5 Å². The number of hydrogen-bond acceptors (Lipinski definition) is 5. The van der Waals surface area contributed by atoms with E-state index in [1.165, 1.54) is 0 Å². The van der Waals surface area contributed by atoms with Crippen molar-refractivity contribution >= 4 is 28.3 Å². The summed E-state index contributed by atoms with van der Waals surface area (Å²) < 4.78 is 7.13. The summed E-state index contributed by atoms with van der Waals surface area (Å²) in [7, 11) is 1.64. The zero-order valence-corrected chi connectivity index (χ0v) is 10.6. The molecule has 0 aliphatic rings. The number of methoxy groups -OCH3 is 1. The molecule has 0 saturated heterocycles. The molecule has 2 heterocycles. The van der Waals surface area contributed by atoms with E-state index in [0.717, 1.165) is 21.8 Å². The number of imidazole rings is 1. The third-order valence-corrected chi connectivity index (χ3v) is 3.53. The molecule has 5 nitrogen and oxygen atoms in total. The second-order valence-corrected chi connectivity index (χ2v) is 4.82. The van der Waals surface area contributed by atoms with Gasteiger partial charge in [0.2, 0.25) is 5.95 Å². The number of anilines is 1. The fourth-order valence-electron chi connectivity index (χ4n) is 1.89. The Morgan fingerprint density at radius 1 is 1.44 bits per heavy atom. The van der Waals surface area contributed by atoms with E-state index < -0.39 is 0 Å². The van der Waals surface area contributed by atoms with E-state index >= 15 is 0 Å². The highest BCUT2D eigenvalue weighted by Gasteiger charge is 2.10. The smallest absolute Gasteiger partial charge is 0.201 e. The highest BCUT2D eigenvalue weighted by atomic mass is 32.1. The van der Waals surface area contributed by atoms with E-state index in [1.807, 2.05) is 28.1 Å². The molecule has 92 valence electrons. The standard InChI is InChI=1S/C12H12N4OS/c1-17-8-2-3-10-9(6-8)15-12(13)16(10)7-11-14-4-5-18-11/h2-6H,7H2,1H3,(H2,13,15). The van der Waals surface area contributed by atoms with Crippen molar-refractivity contribution in [2.24, 2.45) is 0 Å². The number of benzene rings is 1. The first kappa shape index (κ1) is 11.0. The fraction of sp³-hybridized carbons (Fsp3) is 0.167. The Morgan fingerprint density at radius 3 is 3.06 bits per heavy atom. The van der Waals surface area contributed by atoms with Crippen LogP contribution in [0.15, 0.2) is 29.8 Å². The molecule has 0 aliphatic carbocycles. The topological polar surface area (TPSA) is 66.0 Å². The van der Waals surface area contributed by atoms with Gasteiger partial charge in [-0.05, 0) is 12.1 Å². The van der Waals surface area contributed by atoms with E-state index in [9.17, 15) is 0 Å². The third-order valence-electron chi connectivity index (χ3n) is 2.76. The molecule has 3 aromatic rings. The third kappa shape index (κ3) is 1.80. The fourth-order valence-corrected chi connectivity index (χ4v) is 2.49. The van der Waals surface area contributed by atoms with Crippen molar-refractivity contribution in [3.8, 4) is 5.75 Å². The molecule has 0 radical (unpaired) electrons. The van der Waals surface area contributed by atoms with Crippen molar-refractivity contribution in [3.05, 3.63) is 34.8 Å². The van der Waals surface area contributed by atoms with Crippen LogP contribution >= 0.6 is 11.3 Å². The minimum Gasteiger partial charge on any atom is -0.497 e. The zero-order valence-electron chi connectivity index (χ0n) is 9.83. The maximum Gasteiger partial charge on any atom is 0.201 e. The lowest BCUT2D eigenvalue weighted by atomic mass is 10.3. The van der Waals surface area contributed by atoms with Gasteiger partial charge in [0.15, 0.2) is 0 Å². The van der Waals surface area contributed by atoms with Crippen LogP contribution in [0.5, 0.6) is 5.75 Å². The van der Waals surface area contributed by atoms with Crippen molar-refractivity contribution in [2.45, 2.75) is 6.54 Å².